The summed E-state index contributed by atoms with van der Waals surface area (Å²) in [6, 6.07) is 17.1. The van der Waals surface area contributed by atoms with Crippen LogP contribution in [0.2, 0.25) is 0 Å². The first kappa shape index (κ1) is 19.2. The summed E-state index contributed by atoms with van der Waals surface area (Å²) in [6.07, 6.45) is 1.98. The lowest BCUT2D eigenvalue weighted by Crippen LogP contribution is -2.42. The molecule has 1 heterocycles. The molecular formula is C22H28N2O3. The number of ether oxygens (including phenoxy) is 1. The van der Waals surface area contributed by atoms with E-state index in [4.69, 9.17) is 4.74 Å². The maximum atomic E-state index is 12.8. The third-order valence-corrected chi connectivity index (χ3v) is 5.11. The van der Waals surface area contributed by atoms with E-state index >= 15 is 0 Å². The standard InChI is InChI=1S/C22H28N2O3/c1-2-23-14-6-9-20(23)16-24(15-18-10-12-21(25)13-11-18)22(26)27-17-19-7-4-3-5-8-19/h3-5,7-8,10-13,20,25H,2,6,9,14-17H2,1H3. The molecule has 3 rings (SSSR count). The van der Waals surface area contributed by atoms with E-state index in [2.05, 4.69) is 11.8 Å². The lowest BCUT2D eigenvalue weighted by molar-refractivity contribution is 0.0825. The van der Waals surface area contributed by atoms with Crippen molar-refractivity contribution in [2.24, 2.45) is 0 Å². The minimum atomic E-state index is -0.296. The molecule has 0 aliphatic carbocycles. The molecule has 5 nitrogen and oxygen atoms in total. The number of hydrogen-bond acceptors (Lipinski definition) is 4. The Morgan fingerprint density at radius 3 is 2.59 bits per heavy atom. The smallest absolute Gasteiger partial charge is 0.410 e. The molecule has 5 heteroatoms. The highest BCUT2D eigenvalue weighted by Gasteiger charge is 2.28. The van der Waals surface area contributed by atoms with Crippen LogP contribution in [0, 0.1) is 0 Å². The predicted molar refractivity (Wildman–Crippen MR) is 105 cm³/mol. The van der Waals surface area contributed by atoms with E-state index in [1.807, 2.05) is 42.5 Å². The van der Waals surface area contributed by atoms with Crippen LogP contribution in [0.15, 0.2) is 54.6 Å². The van der Waals surface area contributed by atoms with Crippen molar-refractivity contribution in [2.45, 2.75) is 39.0 Å². The van der Waals surface area contributed by atoms with Gasteiger partial charge >= 0.3 is 6.09 Å². The van der Waals surface area contributed by atoms with Gasteiger partial charge in [0.05, 0.1) is 0 Å². The lowest BCUT2D eigenvalue weighted by Gasteiger charge is -2.30. The number of amides is 1. The van der Waals surface area contributed by atoms with Gasteiger partial charge in [0, 0.05) is 19.1 Å². The van der Waals surface area contributed by atoms with Crippen LogP contribution in [-0.4, -0.2) is 46.7 Å². The Hall–Kier alpha value is -2.53. The van der Waals surface area contributed by atoms with E-state index in [0.29, 0.717) is 19.1 Å². The molecule has 1 N–H and O–H groups in total. The Labute approximate surface area is 161 Å². The van der Waals surface area contributed by atoms with Gasteiger partial charge in [0.25, 0.3) is 0 Å². The van der Waals surface area contributed by atoms with Gasteiger partial charge in [0.1, 0.15) is 12.4 Å². The van der Waals surface area contributed by atoms with E-state index in [9.17, 15) is 9.90 Å². The van der Waals surface area contributed by atoms with E-state index < -0.39 is 0 Å². The summed E-state index contributed by atoms with van der Waals surface area (Å²) in [6.45, 7) is 5.65. The number of nitrogens with zero attached hydrogens (tertiary/aromatic N) is 2. The van der Waals surface area contributed by atoms with Gasteiger partial charge < -0.3 is 14.7 Å². The Morgan fingerprint density at radius 1 is 1.15 bits per heavy atom. The van der Waals surface area contributed by atoms with E-state index in [0.717, 1.165) is 30.6 Å². The maximum absolute atomic E-state index is 12.8. The summed E-state index contributed by atoms with van der Waals surface area (Å²) in [7, 11) is 0. The second kappa shape index (κ2) is 9.42. The van der Waals surface area contributed by atoms with Crippen LogP contribution in [0.5, 0.6) is 5.75 Å². The summed E-state index contributed by atoms with van der Waals surface area (Å²) in [4.78, 5) is 17.0. The first-order valence-corrected chi connectivity index (χ1v) is 9.63. The number of rotatable bonds is 7. The minimum Gasteiger partial charge on any atom is -0.508 e. The van der Waals surface area contributed by atoms with Crippen LogP contribution < -0.4 is 0 Å². The van der Waals surface area contributed by atoms with E-state index in [1.165, 1.54) is 6.42 Å². The van der Waals surface area contributed by atoms with E-state index in [1.54, 1.807) is 17.0 Å². The van der Waals surface area contributed by atoms with Crippen LogP contribution in [0.25, 0.3) is 0 Å². The Balaban J connectivity index is 1.67. The van der Waals surface area contributed by atoms with Gasteiger partial charge in [0.2, 0.25) is 0 Å². The molecule has 0 aromatic heterocycles. The lowest BCUT2D eigenvalue weighted by atomic mass is 10.1. The van der Waals surface area contributed by atoms with Gasteiger partial charge in [-0.15, -0.1) is 0 Å². The van der Waals surface area contributed by atoms with Gasteiger partial charge in [-0.1, -0.05) is 49.4 Å². The Bertz CT molecular complexity index is 718. The van der Waals surface area contributed by atoms with Crippen LogP contribution >= 0.6 is 0 Å². The molecule has 2 aromatic carbocycles. The monoisotopic (exact) mass is 368 g/mol. The van der Waals surface area contributed by atoms with Crippen molar-refractivity contribution in [1.82, 2.24) is 9.80 Å². The molecule has 1 atom stereocenters. The molecule has 1 saturated heterocycles. The number of carbonyl (C=O) groups is 1. The SMILES string of the molecule is CCN1CCCC1CN(Cc1ccc(O)cc1)C(=O)OCc1ccccc1. The quantitative estimate of drug-likeness (QED) is 0.802. The van der Waals surface area contributed by atoms with Crippen LogP contribution in [0.1, 0.15) is 30.9 Å². The fraction of sp³-hybridized carbons (Fsp3) is 0.409. The highest BCUT2D eigenvalue weighted by atomic mass is 16.6. The number of phenolic OH excluding ortho intramolecular Hbond substituents is 1. The molecule has 0 saturated carbocycles. The van der Waals surface area contributed by atoms with E-state index in [-0.39, 0.29) is 18.4 Å². The van der Waals surface area contributed by atoms with Crippen LogP contribution in [-0.2, 0) is 17.9 Å². The highest BCUT2D eigenvalue weighted by molar-refractivity contribution is 5.67. The largest absolute Gasteiger partial charge is 0.508 e. The zero-order valence-corrected chi connectivity index (χ0v) is 15.9. The molecular weight excluding hydrogens is 340 g/mol. The second-order valence-electron chi connectivity index (χ2n) is 7.01. The van der Waals surface area contributed by atoms with Crippen molar-refractivity contribution < 1.29 is 14.6 Å². The van der Waals surface area contributed by atoms with Crippen molar-refractivity contribution >= 4 is 6.09 Å². The van der Waals surface area contributed by atoms with Crippen molar-refractivity contribution in [2.75, 3.05) is 19.6 Å². The van der Waals surface area contributed by atoms with Crippen molar-refractivity contribution in [3.05, 3.63) is 65.7 Å². The first-order valence-electron chi connectivity index (χ1n) is 9.63. The number of likely N-dealkylation sites (tertiary alicyclic amines) is 1. The number of benzene rings is 2. The number of hydrogen-bond donors (Lipinski definition) is 1. The topological polar surface area (TPSA) is 53.0 Å². The highest BCUT2D eigenvalue weighted by Crippen LogP contribution is 2.20. The van der Waals surface area contributed by atoms with Gasteiger partial charge in [-0.3, -0.25) is 4.90 Å². The molecule has 1 aliphatic heterocycles. The first-order chi connectivity index (χ1) is 13.2. The van der Waals surface area contributed by atoms with Gasteiger partial charge in [0.15, 0.2) is 0 Å². The molecule has 1 aliphatic rings. The molecule has 1 unspecified atom stereocenters. The summed E-state index contributed by atoms with van der Waals surface area (Å²) in [5.74, 6) is 0.227. The van der Waals surface area contributed by atoms with Crippen LogP contribution in [0.3, 0.4) is 0 Å². The van der Waals surface area contributed by atoms with Crippen LogP contribution in [0.4, 0.5) is 4.79 Å². The predicted octanol–water partition coefficient (Wildman–Crippen LogP) is 4.02. The third kappa shape index (κ3) is 5.47. The molecule has 1 amide bonds. The van der Waals surface area contributed by atoms with Gasteiger partial charge in [-0.05, 0) is 49.2 Å². The molecule has 0 bridgehead atoms. The molecule has 2 aromatic rings. The molecule has 0 spiro atoms. The molecule has 1 fully saturated rings. The fourth-order valence-corrected chi connectivity index (χ4v) is 3.61. The average Bonchev–Trinajstić information content (AvgIpc) is 3.15. The third-order valence-electron chi connectivity index (χ3n) is 5.11. The summed E-state index contributed by atoms with van der Waals surface area (Å²) in [5, 5.41) is 9.49. The van der Waals surface area contributed by atoms with Crippen molar-refractivity contribution in [3.8, 4) is 5.75 Å². The normalized spacial score (nSPS) is 17.0. The zero-order chi connectivity index (χ0) is 19.1. The number of carbonyl (C=O) groups excluding carboxylic acids is 1. The fourth-order valence-electron chi connectivity index (χ4n) is 3.61. The summed E-state index contributed by atoms with van der Waals surface area (Å²) < 4.78 is 5.58. The molecule has 0 radical (unpaired) electrons. The second-order valence-corrected chi connectivity index (χ2v) is 7.01. The minimum absolute atomic E-state index is 0.227. The number of likely N-dealkylation sites (N-methyl/N-ethyl adjacent to an activating group) is 1. The summed E-state index contributed by atoms with van der Waals surface area (Å²) >= 11 is 0. The van der Waals surface area contributed by atoms with Crippen molar-refractivity contribution in [1.29, 1.82) is 0 Å². The Morgan fingerprint density at radius 2 is 1.89 bits per heavy atom. The molecule has 27 heavy (non-hydrogen) atoms. The zero-order valence-electron chi connectivity index (χ0n) is 15.9. The average molecular weight is 368 g/mol. The summed E-state index contributed by atoms with van der Waals surface area (Å²) in [5.41, 5.74) is 1.96. The Kier molecular flexibility index (Phi) is 6.71. The van der Waals surface area contributed by atoms with Gasteiger partial charge in [-0.2, -0.15) is 0 Å². The number of aromatic hydroxyl groups is 1. The van der Waals surface area contributed by atoms with Crippen molar-refractivity contribution in [3.63, 3.8) is 0 Å². The number of phenols is 1. The maximum Gasteiger partial charge on any atom is 0.410 e. The molecule has 144 valence electrons. The van der Waals surface area contributed by atoms with Gasteiger partial charge in [-0.25, -0.2) is 4.79 Å².